The maximum atomic E-state index is 6.87. The molecule has 1 aliphatic carbocycles. The molecule has 1 heterocycles. The van der Waals surface area contributed by atoms with Gasteiger partial charge in [-0.2, -0.15) is 0 Å². The molecule has 2 atom stereocenters. The van der Waals surface area contributed by atoms with Crippen molar-refractivity contribution >= 4 is 12.4 Å². The average molecular weight is 984 g/mol. The van der Waals surface area contributed by atoms with Crippen LogP contribution < -0.4 is 9.47 Å². The van der Waals surface area contributed by atoms with E-state index in [1.165, 1.54) is 238 Å². The van der Waals surface area contributed by atoms with Crippen LogP contribution in [0.4, 0.5) is 0 Å². The fourth-order valence-corrected chi connectivity index (χ4v) is 12.7. The third-order valence-electron chi connectivity index (χ3n) is 17.7. The molecule has 0 saturated heterocycles. The summed E-state index contributed by atoms with van der Waals surface area (Å²) in [6.45, 7) is 39.4. The van der Waals surface area contributed by atoms with Crippen LogP contribution in [0.25, 0.3) is 0 Å². The van der Waals surface area contributed by atoms with Gasteiger partial charge < -0.3 is 18.4 Å². The van der Waals surface area contributed by atoms with Crippen molar-refractivity contribution in [1.29, 1.82) is 0 Å². The van der Waals surface area contributed by atoms with Gasteiger partial charge in [-0.1, -0.05) is 158 Å². The number of hydrogen-bond acceptors (Lipinski definition) is 4. The van der Waals surface area contributed by atoms with Crippen LogP contribution in [-0.2, 0) is 10.8 Å². The summed E-state index contributed by atoms with van der Waals surface area (Å²) >= 11 is 0. The van der Waals surface area contributed by atoms with E-state index in [1.807, 2.05) is 0 Å². The SMILES string of the molecule is CCCCC(C)(CCCC)c1cc(C)c2c(c1)C=N[C@H]1CCCC[C@@H]1N=Cc1cc(C(C)(CCC[N+](CCCC)(CCCC)CCCC)CCC[N+](CCCC)(CCCC)CCCC)cc(C)c1OCO2. The molecule has 0 bridgehead atoms. The van der Waals surface area contributed by atoms with Crippen LogP contribution in [0.2, 0.25) is 0 Å². The molecule has 0 unspecified atom stereocenters. The molecule has 0 radical (unpaired) electrons. The topological polar surface area (TPSA) is 43.2 Å². The van der Waals surface area contributed by atoms with Crippen molar-refractivity contribution in [1.82, 2.24) is 0 Å². The largest absolute Gasteiger partial charge is 0.457 e. The summed E-state index contributed by atoms with van der Waals surface area (Å²) in [5.74, 6) is 1.82. The van der Waals surface area contributed by atoms with Crippen molar-refractivity contribution in [2.24, 2.45) is 9.98 Å². The zero-order valence-electron chi connectivity index (χ0n) is 49.0. The average Bonchev–Trinajstić information content (AvgIpc) is 3.39. The van der Waals surface area contributed by atoms with Crippen molar-refractivity contribution in [2.45, 2.75) is 273 Å². The predicted octanol–water partition coefficient (Wildman–Crippen LogP) is 17.8. The molecule has 71 heavy (non-hydrogen) atoms. The lowest BCUT2D eigenvalue weighted by atomic mass is 9.73. The molecule has 6 heteroatoms. The van der Waals surface area contributed by atoms with Crippen LogP contribution in [0.15, 0.2) is 34.3 Å². The molecule has 0 aromatic heterocycles. The fraction of sp³-hybridized carbons (Fsp3) is 0.785. The molecule has 2 aliphatic rings. The molecule has 4 rings (SSSR count). The second-order valence-electron chi connectivity index (χ2n) is 23.9. The Morgan fingerprint density at radius 2 is 0.732 bits per heavy atom. The molecule has 0 spiro atoms. The number of hydrogen-bond donors (Lipinski definition) is 0. The third-order valence-corrected chi connectivity index (χ3v) is 17.7. The molecule has 1 fully saturated rings. The number of benzene rings is 2. The highest BCUT2D eigenvalue weighted by molar-refractivity contribution is 5.86. The lowest BCUT2D eigenvalue weighted by Crippen LogP contribution is -2.51. The van der Waals surface area contributed by atoms with Gasteiger partial charge in [0.25, 0.3) is 0 Å². The quantitative estimate of drug-likeness (QED) is 0.0656. The molecule has 404 valence electrons. The highest BCUT2D eigenvalue weighted by Crippen LogP contribution is 2.41. The lowest BCUT2D eigenvalue weighted by Gasteiger charge is -2.42. The smallest absolute Gasteiger partial charge is 0.230 e. The molecular weight excluding hydrogens is 869 g/mol. The zero-order valence-corrected chi connectivity index (χ0v) is 49.0. The minimum Gasteiger partial charge on any atom is -0.457 e. The second-order valence-corrected chi connectivity index (χ2v) is 23.9. The highest BCUT2D eigenvalue weighted by atomic mass is 16.7. The van der Waals surface area contributed by atoms with Crippen LogP contribution in [0, 0.1) is 13.8 Å². The van der Waals surface area contributed by atoms with Gasteiger partial charge in [-0.25, -0.2) is 0 Å². The number of nitrogens with zero attached hydrogens (tertiary/aromatic N) is 4. The van der Waals surface area contributed by atoms with E-state index in [2.05, 4.69) is 120 Å². The maximum absolute atomic E-state index is 6.87. The van der Waals surface area contributed by atoms with Gasteiger partial charge in [0, 0.05) is 23.6 Å². The van der Waals surface area contributed by atoms with Crippen molar-refractivity contribution in [3.63, 3.8) is 0 Å². The van der Waals surface area contributed by atoms with Gasteiger partial charge in [-0.05, 0) is 149 Å². The number of quaternary nitrogens is 2. The van der Waals surface area contributed by atoms with Crippen LogP contribution in [0.3, 0.4) is 0 Å². The van der Waals surface area contributed by atoms with E-state index in [0.717, 1.165) is 35.5 Å². The summed E-state index contributed by atoms with van der Waals surface area (Å²) in [5, 5.41) is 0. The molecule has 1 aliphatic heterocycles. The summed E-state index contributed by atoms with van der Waals surface area (Å²) < 4.78 is 16.3. The fourth-order valence-electron chi connectivity index (χ4n) is 12.7. The number of rotatable bonds is 34. The Hall–Kier alpha value is -2.70. The van der Waals surface area contributed by atoms with Gasteiger partial charge in [0.05, 0.1) is 64.4 Å². The summed E-state index contributed by atoms with van der Waals surface area (Å²) in [6, 6.07) is 10.1. The van der Waals surface area contributed by atoms with E-state index in [4.69, 9.17) is 19.5 Å². The first kappa shape index (κ1) is 60.9. The number of aliphatic imine (C=N–C) groups is 2. The van der Waals surface area contributed by atoms with Crippen molar-refractivity contribution in [3.8, 4) is 11.5 Å². The van der Waals surface area contributed by atoms with Crippen molar-refractivity contribution in [3.05, 3.63) is 57.6 Å². The summed E-state index contributed by atoms with van der Waals surface area (Å²) in [4.78, 5) is 10.9. The minimum absolute atomic E-state index is 0.0331. The standard InChI is InChI=1S/C65H114N4O2/c1-13-21-35-64(11,36-22-14-2)58-47-54(9)62-56(49-58)51-66-60-33-29-30-34-61(60)67-52-57-50-59(48-55(10)63(57)71-53-70-62)65(12,37-31-45-68(39-23-15-3,40-24-16-4)41-25-17-5)38-32-46-69(42-26-18-6,43-27-19-7)44-28-20-8/h47-52,60-61H,13-46,53H2,1-12H3/q+2/t60-,61-/m0/s1. The predicted molar refractivity (Wildman–Crippen MR) is 311 cm³/mol. The first-order chi connectivity index (χ1) is 34.3. The maximum Gasteiger partial charge on any atom is 0.230 e. The normalized spacial score (nSPS) is 16.8. The van der Waals surface area contributed by atoms with E-state index in [-0.39, 0.29) is 29.7 Å². The van der Waals surface area contributed by atoms with E-state index in [1.54, 1.807) is 0 Å². The number of ether oxygens (including phenoxy) is 2. The molecule has 2 aromatic carbocycles. The van der Waals surface area contributed by atoms with Gasteiger partial charge in [-0.15, -0.1) is 0 Å². The molecule has 2 aromatic rings. The van der Waals surface area contributed by atoms with E-state index in [0.29, 0.717) is 0 Å². The molecule has 6 nitrogen and oxygen atoms in total. The second kappa shape index (κ2) is 31.9. The summed E-state index contributed by atoms with van der Waals surface area (Å²) in [6.07, 6.45) is 36.9. The molecule has 1 saturated carbocycles. The van der Waals surface area contributed by atoms with Gasteiger partial charge in [-0.3, -0.25) is 9.98 Å². The monoisotopic (exact) mass is 983 g/mol. The Labute approximate surface area is 440 Å². The van der Waals surface area contributed by atoms with Gasteiger partial charge in [0.1, 0.15) is 11.5 Å². The minimum atomic E-state index is 0.0331. The van der Waals surface area contributed by atoms with Crippen molar-refractivity contribution in [2.75, 3.05) is 59.2 Å². The first-order valence-corrected chi connectivity index (χ1v) is 30.7. The van der Waals surface area contributed by atoms with Gasteiger partial charge in [0.2, 0.25) is 6.79 Å². The Balaban J connectivity index is 1.80. The zero-order chi connectivity index (χ0) is 51.6. The van der Waals surface area contributed by atoms with Gasteiger partial charge in [0.15, 0.2) is 0 Å². The molecule has 0 N–H and O–H groups in total. The Bertz CT molecular complexity index is 1760. The Morgan fingerprint density at radius 1 is 0.437 bits per heavy atom. The lowest BCUT2D eigenvalue weighted by molar-refractivity contribution is -0.929. The van der Waals surface area contributed by atoms with E-state index in [9.17, 15) is 0 Å². The molecular formula is C65H114N4O2+2. The van der Waals surface area contributed by atoms with E-state index < -0.39 is 0 Å². The summed E-state index contributed by atoms with van der Waals surface area (Å²) in [5.41, 5.74) is 7.61. The van der Waals surface area contributed by atoms with Crippen LogP contribution in [0.1, 0.15) is 270 Å². The first-order valence-electron chi connectivity index (χ1n) is 30.7. The van der Waals surface area contributed by atoms with Crippen LogP contribution in [-0.4, -0.2) is 92.6 Å². The number of aryl methyl sites for hydroxylation is 2. The van der Waals surface area contributed by atoms with E-state index >= 15 is 0 Å². The number of fused-ring (bicyclic) bond motifs is 3. The highest BCUT2D eigenvalue weighted by Gasteiger charge is 2.35. The third kappa shape index (κ3) is 18.6. The number of unbranched alkanes of at least 4 members (excludes halogenated alkanes) is 8. The van der Waals surface area contributed by atoms with Gasteiger partial charge >= 0.3 is 0 Å². The molecule has 0 amide bonds. The summed E-state index contributed by atoms with van der Waals surface area (Å²) in [7, 11) is 0. The Kier molecular flexibility index (Phi) is 27.3. The van der Waals surface area contributed by atoms with Crippen LogP contribution in [0.5, 0.6) is 11.5 Å². The Morgan fingerprint density at radius 3 is 1.04 bits per heavy atom. The van der Waals surface area contributed by atoms with Crippen molar-refractivity contribution < 1.29 is 18.4 Å². The van der Waals surface area contributed by atoms with Crippen LogP contribution >= 0.6 is 0 Å².